The van der Waals surface area contributed by atoms with Gasteiger partial charge in [-0.05, 0) is 7.05 Å². The first-order valence-electron chi connectivity index (χ1n) is 3.03. The quantitative estimate of drug-likeness (QED) is 0.656. The fraction of sp³-hybridized carbons (Fsp3) is 0.400. The van der Waals surface area contributed by atoms with Crippen molar-refractivity contribution in [1.29, 1.82) is 0 Å². The van der Waals surface area contributed by atoms with E-state index in [1.54, 1.807) is 12.6 Å². The Bertz CT molecular complexity index is 222. The number of nitrogens with zero attached hydrogens (tertiary/aromatic N) is 2. The summed E-state index contributed by atoms with van der Waals surface area (Å²) in [6, 6.07) is 0. The molecule has 11 heavy (non-hydrogen) atoms. The highest BCUT2D eigenvalue weighted by atomic mass is 32.1. The Morgan fingerprint density at radius 2 is 2.64 bits per heavy atom. The fourth-order valence-corrected chi connectivity index (χ4v) is 1.01. The molecule has 1 aromatic rings. The van der Waals surface area contributed by atoms with Crippen LogP contribution in [0.4, 0.5) is 5.13 Å². The van der Waals surface area contributed by atoms with Crippen molar-refractivity contribution >= 4 is 22.4 Å². The van der Waals surface area contributed by atoms with Gasteiger partial charge in [-0.15, -0.1) is 10.2 Å². The molecule has 60 valence electrons. The molecule has 0 fully saturated rings. The maximum absolute atomic E-state index is 10.9. The molecule has 0 atom stereocenters. The average Bonchev–Trinajstić information content (AvgIpc) is 2.40. The number of hydrogen-bond acceptors (Lipinski definition) is 5. The van der Waals surface area contributed by atoms with E-state index >= 15 is 0 Å². The first-order valence-corrected chi connectivity index (χ1v) is 3.91. The van der Waals surface area contributed by atoms with Gasteiger partial charge < -0.3 is 5.32 Å². The van der Waals surface area contributed by atoms with E-state index in [1.807, 2.05) is 0 Å². The standard InChI is InChI=1S/C5H8N4OS/c1-6-2-4(10)8-5-9-7-3-11-5/h3,6H,2H2,1H3,(H,8,9,10). The number of aromatic nitrogens is 2. The molecule has 0 aromatic carbocycles. The Labute approximate surface area is 67.8 Å². The second-order valence-electron chi connectivity index (χ2n) is 1.82. The number of amides is 1. The number of hydrogen-bond donors (Lipinski definition) is 2. The summed E-state index contributed by atoms with van der Waals surface area (Å²) >= 11 is 1.30. The van der Waals surface area contributed by atoms with Crippen molar-refractivity contribution in [2.24, 2.45) is 0 Å². The van der Waals surface area contributed by atoms with Crippen LogP contribution in [0.5, 0.6) is 0 Å². The normalized spacial score (nSPS) is 9.55. The second kappa shape index (κ2) is 3.99. The van der Waals surface area contributed by atoms with Crippen LogP contribution in [0.1, 0.15) is 0 Å². The van der Waals surface area contributed by atoms with Crippen LogP contribution in [0, 0.1) is 0 Å². The monoisotopic (exact) mass is 172 g/mol. The van der Waals surface area contributed by atoms with Crippen LogP contribution >= 0.6 is 11.3 Å². The second-order valence-corrected chi connectivity index (χ2v) is 2.66. The van der Waals surface area contributed by atoms with Crippen LogP contribution in [0.15, 0.2) is 5.51 Å². The van der Waals surface area contributed by atoms with Crippen LogP contribution in [0.2, 0.25) is 0 Å². The summed E-state index contributed by atoms with van der Waals surface area (Å²) in [5.74, 6) is -0.107. The zero-order chi connectivity index (χ0) is 8.10. The summed E-state index contributed by atoms with van der Waals surface area (Å²) in [5, 5.41) is 13.0. The molecule has 0 aliphatic rings. The van der Waals surface area contributed by atoms with Crippen molar-refractivity contribution in [3.05, 3.63) is 5.51 Å². The van der Waals surface area contributed by atoms with Crippen LogP contribution in [0.25, 0.3) is 0 Å². The van der Waals surface area contributed by atoms with Gasteiger partial charge in [-0.2, -0.15) is 0 Å². The van der Waals surface area contributed by atoms with Gasteiger partial charge in [0, 0.05) is 0 Å². The van der Waals surface area contributed by atoms with Gasteiger partial charge >= 0.3 is 0 Å². The van der Waals surface area contributed by atoms with Crippen molar-refractivity contribution in [1.82, 2.24) is 15.5 Å². The minimum atomic E-state index is -0.107. The molecule has 1 rings (SSSR count). The van der Waals surface area contributed by atoms with Crippen LogP contribution in [-0.4, -0.2) is 29.7 Å². The van der Waals surface area contributed by atoms with Gasteiger partial charge in [-0.25, -0.2) is 0 Å². The van der Waals surface area contributed by atoms with E-state index in [4.69, 9.17) is 0 Å². The van der Waals surface area contributed by atoms with Crippen LogP contribution in [-0.2, 0) is 4.79 Å². The lowest BCUT2D eigenvalue weighted by Crippen LogP contribution is -2.24. The van der Waals surface area contributed by atoms with E-state index in [9.17, 15) is 4.79 Å². The van der Waals surface area contributed by atoms with Gasteiger partial charge in [0.25, 0.3) is 0 Å². The molecule has 2 N–H and O–H groups in total. The molecule has 0 radical (unpaired) electrons. The molecule has 0 aliphatic heterocycles. The molecule has 5 nitrogen and oxygen atoms in total. The number of carbonyl (C=O) groups excluding carboxylic acids is 1. The van der Waals surface area contributed by atoms with Gasteiger partial charge in [0.05, 0.1) is 6.54 Å². The predicted molar refractivity (Wildman–Crippen MR) is 42.5 cm³/mol. The molecule has 0 saturated carbocycles. The molecular weight excluding hydrogens is 164 g/mol. The van der Waals surface area contributed by atoms with E-state index in [0.29, 0.717) is 11.7 Å². The summed E-state index contributed by atoms with van der Waals surface area (Å²) in [5.41, 5.74) is 1.56. The van der Waals surface area contributed by atoms with Crippen LogP contribution in [0.3, 0.4) is 0 Å². The summed E-state index contributed by atoms with van der Waals surface area (Å²) < 4.78 is 0. The van der Waals surface area contributed by atoms with Crippen molar-refractivity contribution < 1.29 is 4.79 Å². The molecule has 0 bridgehead atoms. The van der Waals surface area contributed by atoms with E-state index in [1.165, 1.54) is 11.3 Å². The SMILES string of the molecule is CNCC(=O)Nc1nncs1. The minimum Gasteiger partial charge on any atom is -0.311 e. The van der Waals surface area contributed by atoms with E-state index in [2.05, 4.69) is 20.8 Å². The first-order chi connectivity index (χ1) is 5.33. The summed E-state index contributed by atoms with van der Waals surface area (Å²) in [4.78, 5) is 10.9. The van der Waals surface area contributed by atoms with E-state index < -0.39 is 0 Å². The number of likely N-dealkylation sites (N-methyl/N-ethyl adjacent to an activating group) is 1. The Hall–Kier alpha value is -1.01. The third kappa shape index (κ3) is 2.60. The van der Waals surface area contributed by atoms with Gasteiger partial charge in [0.2, 0.25) is 11.0 Å². The zero-order valence-electron chi connectivity index (χ0n) is 6.00. The molecule has 1 heterocycles. The van der Waals surface area contributed by atoms with Crippen molar-refractivity contribution in [2.45, 2.75) is 0 Å². The topological polar surface area (TPSA) is 66.9 Å². The molecule has 1 amide bonds. The highest BCUT2D eigenvalue weighted by Crippen LogP contribution is 2.06. The maximum atomic E-state index is 10.9. The smallest absolute Gasteiger partial charge is 0.240 e. The number of nitrogens with one attached hydrogen (secondary N) is 2. The third-order valence-corrected chi connectivity index (χ3v) is 1.55. The Balaban J connectivity index is 2.37. The summed E-state index contributed by atoms with van der Waals surface area (Å²) in [7, 11) is 1.71. The van der Waals surface area contributed by atoms with Crippen molar-refractivity contribution in [3.8, 4) is 0 Å². The molecular formula is C5H8N4OS. The fourth-order valence-electron chi connectivity index (χ4n) is 0.552. The molecule has 0 saturated heterocycles. The Morgan fingerprint density at radius 1 is 1.82 bits per heavy atom. The number of rotatable bonds is 3. The largest absolute Gasteiger partial charge is 0.311 e. The highest BCUT2D eigenvalue weighted by Gasteiger charge is 2.01. The average molecular weight is 172 g/mol. The molecule has 0 spiro atoms. The van der Waals surface area contributed by atoms with Crippen molar-refractivity contribution in [2.75, 3.05) is 18.9 Å². The third-order valence-electron chi connectivity index (χ3n) is 0.944. The minimum absolute atomic E-state index is 0.107. The number of carbonyl (C=O) groups is 1. The zero-order valence-corrected chi connectivity index (χ0v) is 6.81. The lowest BCUT2D eigenvalue weighted by atomic mass is 10.6. The predicted octanol–water partition coefficient (Wildman–Crippen LogP) is -0.304. The maximum Gasteiger partial charge on any atom is 0.240 e. The highest BCUT2D eigenvalue weighted by molar-refractivity contribution is 7.13. The van der Waals surface area contributed by atoms with E-state index in [0.717, 1.165) is 0 Å². The first kappa shape index (κ1) is 8.09. The Morgan fingerprint density at radius 3 is 3.18 bits per heavy atom. The summed E-state index contributed by atoms with van der Waals surface area (Å²) in [6.45, 7) is 0.291. The summed E-state index contributed by atoms with van der Waals surface area (Å²) in [6.07, 6.45) is 0. The molecule has 0 aliphatic carbocycles. The van der Waals surface area contributed by atoms with Gasteiger partial charge in [-0.3, -0.25) is 10.1 Å². The van der Waals surface area contributed by atoms with Crippen molar-refractivity contribution in [3.63, 3.8) is 0 Å². The van der Waals surface area contributed by atoms with Gasteiger partial charge in [0.15, 0.2) is 0 Å². The lowest BCUT2D eigenvalue weighted by molar-refractivity contribution is -0.115. The van der Waals surface area contributed by atoms with E-state index in [-0.39, 0.29) is 5.91 Å². The van der Waals surface area contributed by atoms with Gasteiger partial charge in [-0.1, -0.05) is 11.3 Å². The van der Waals surface area contributed by atoms with Crippen LogP contribution < -0.4 is 10.6 Å². The molecule has 0 unspecified atom stereocenters. The molecule has 1 aromatic heterocycles. The number of anilines is 1. The Kier molecular flexibility index (Phi) is 2.94. The molecule has 6 heteroatoms. The van der Waals surface area contributed by atoms with Gasteiger partial charge in [0.1, 0.15) is 5.51 Å². The lowest BCUT2D eigenvalue weighted by Gasteiger charge is -1.97.